The van der Waals surface area contributed by atoms with Crippen LogP contribution in [-0.4, -0.2) is 71.3 Å². The van der Waals surface area contributed by atoms with E-state index in [4.69, 9.17) is 16.3 Å². The van der Waals surface area contributed by atoms with Gasteiger partial charge in [0.2, 0.25) is 0 Å². The van der Waals surface area contributed by atoms with Crippen LogP contribution >= 0.6 is 11.6 Å². The Bertz CT molecular complexity index is 905. The van der Waals surface area contributed by atoms with Crippen LogP contribution in [0.1, 0.15) is 29.6 Å². The summed E-state index contributed by atoms with van der Waals surface area (Å²) in [5.74, 6) is -0.231. The highest BCUT2D eigenvalue weighted by molar-refractivity contribution is 6.33. The van der Waals surface area contributed by atoms with E-state index in [0.29, 0.717) is 36.5 Å². The highest BCUT2D eigenvalue weighted by Gasteiger charge is 2.50. The van der Waals surface area contributed by atoms with E-state index >= 15 is 0 Å². The van der Waals surface area contributed by atoms with Crippen LogP contribution in [-0.2, 0) is 9.53 Å². The summed E-state index contributed by atoms with van der Waals surface area (Å²) < 4.78 is 7.30. The Morgan fingerprint density at radius 1 is 1.34 bits per heavy atom. The molecule has 2 saturated heterocycles. The Morgan fingerprint density at radius 2 is 2.10 bits per heavy atom. The van der Waals surface area contributed by atoms with Crippen molar-refractivity contribution in [1.29, 1.82) is 0 Å². The van der Waals surface area contributed by atoms with Gasteiger partial charge < -0.3 is 14.5 Å². The number of likely N-dealkylation sites (tertiary alicyclic amines) is 1. The van der Waals surface area contributed by atoms with E-state index in [2.05, 4.69) is 5.10 Å². The number of benzene rings is 1. The van der Waals surface area contributed by atoms with Crippen LogP contribution in [0.15, 0.2) is 36.7 Å². The molecule has 1 spiro atoms. The van der Waals surface area contributed by atoms with Crippen molar-refractivity contribution < 1.29 is 14.3 Å². The lowest BCUT2D eigenvalue weighted by molar-refractivity contribution is -0.150. The Kier molecular flexibility index (Phi) is 5.36. The molecule has 0 aliphatic carbocycles. The number of nitrogens with zero attached hydrogens (tertiary/aromatic N) is 4. The third kappa shape index (κ3) is 3.89. The quantitative estimate of drug-likeness (QED) is 0.717. The number of rotatable bonds is 4. The number of esters is 1. The zero-order valence-corrected chi connectivity index (χ0v) is 17.4. The molecule has 2 fully saturated rings. The lowest BCUT2D eigenvalue weighted by Gasteiger charge is -2.36. The lowest BCUT2D eigenvalue weighted by atomic mass is 9.76. The maximum Gasteiger partial charge on any atom is 0.312 e. The molecule has 0 bridgehead atoms. The number of halogens is 1. The van der Waals surface area contributed by atoms with Gasteiger partial charge in [-0.05, 0) is 51.2 Å². The van der Waals surface area contributed by atoms with Gasteiger partial charge in [0.05, 0.1) is 21.7 Å². The van der Waals surface area contributed by atoms with Crippen LogP contribution in [0.2, 0.25) is 5.02 Å². The van der Waals surface area contributed by atoms with Crippen molar-refractivity contribution in [2.75, 3.05) is 33.7 Å². The molecule has 1 amide bonds. The highest BCUT2D eigenvalue weighted by Crippen LogP contribution is 2.43. The third-order valence-electron chi connectivity index (χ3n) is 5.85. The molecule has 1 aromatic carbocycles. The monoisotopic (exact) mass is 416 g/mol. The van der Waals surface area contributed by atoms with E-state index in [9.17, 15) is 9.59 Å². The fraction of sp³-hybridized carbons (Fsp3) is 0.476. The van der Waals surface area contributed by atoms with Gasteiger partial charge in [0.15, 0.2) is 0 Å². The lowest BCUT2D eigenvalue weighted by Crippen LogP contribution is -2.45. The Morgan fingerprint density at radius 3 is 2.76 bits per heavy atom. The first-order chi connectivity index (χ1) is 13.9. The van der Waals surface area contributed by atoms with E-state index in [1.165, 1.54) is 0 Å². The first-order valence-corrected chi connectivity index (χ1v) is 10.2. The fourth-order valence-electron chi connectivity index (χ4n) is 4.30. The van der Waals surface area contributed by atoms with Crippen molar-refractivity contribution in [1.82, 2.24) is 19.6 Å². The first kappa shape index (κ1) is 19.9. The average molecular weight is 417 g/mol. The van der Waals surface area contributed by atoms with E-state index < -0.39 is 5.41 Å². The van der Waals surface area contributed by atoms with Crippen molar-refractivity contribution in [3.05, 3.63) is 47.2 Å². The van der Waals surface area contributed by atoms with Gasteiger partial charge in [0, 0.05) is 38.4 Å². The Labute approximate surface area is 175 Å². The molecule has 0 N–H and O–H groups in total. The molecule has 3 heterocycles. The second kappa shape index (κ2) is 7.80. The molecule has 2 aliphatic heterocycles. The van der Waals surface area contributed by atoms with Gasteiger partial charge in [-0.2, -0.15) is 5.10 Å². The summed E-state index contributed by atoms with van der Waals surface area (Å²) >= 11 is 6.33. The summed E-state index contributed by atoms with van der Waals surface area (Å²) in [6, 6.07) is 7.14. The SMILES string of the molecule is CN(C)CC1CC2(CCN(C(=O)c3cc(-n4cccn4)ccc3Cl)CC2)C(=O)O1. The molecular weight excluding hydrogens is 392 g/mol. The van der Waals surface area contributed by atoms with Crippen molar-refractivity contribution in [3.8, 4) is 5.69 Å². The molecule has 0 saturated carbocycles. The summed E-state index contributed by atoms with van der Waals surface area (Å²) in [6.45, 7) is 1.77. The smallest absolute Gasteiger partial charge is 0.312 e. The number of ether oxygens (including phenoxy) is 1. The van der Waals surface area contributed by atoms with Crippen LogP contribution in [0.3, 0.4) is 0 Å². The normalized spacial score (nSPS) is 21.0. The van der Waals surface area contributed by atoms with Crippen LogP contribution in [0.25, 0.3) is 5.69 Å². The number of carbonyl (C=O) groups excluding carboxylic acids is 2. The maximum atomic E-state index is 13.1. The highest BCUT2D eigenvalue weighted by atomic mass is 35.5. The molecule has 4 rings (SSSR count). The van der Waals surface area contributed by atoms with E-state index in [1.807, 2.05) is 37.3 Å². The number of hydrogen-bond acceptors (Lipinski definition) is 5. The Balaban J connectivity index is 1.46. The van der Waals surface area contributed by atoms with Gasteiger partial charge in [-0.1, -0.05) is 11.6 Å². The van der Waals surface area contributed by atoms with Gasteiger partial charge in [-0.25, -0.2) is 4.68 Å². The molecule has 1 unspecified atom stereocenters. The van der Waals surface area contributed by atoms with Gasteiger partial charge >= 0.3 is 5.97 Å². The van der Waals surface area contributed by atoms with Crippen molar-refractivity contribution >= 4 is 23.5 Å². The van der Waals surface area contributed by atoms with Crippen LogP contribution in [0.4, 0.5) is 0 Å². The number of cyclic esters (lactones) is 1. The molecule has 1 aromatic heterocycles. The largest absolute Gasteiger partial charge is 0.461 e. The van der Waals surface area contributed by atoms with Gasteiger partial charge in [0.25, 0.3) is 5.91 Å². The second-order valence-electron chi connectivity index (χ2n) is 8.18. The number of aromatic nitrogens is 2. The number of hydrogen-bond donors (Lipinski definition) is 0. The molecule has 2 aromatic rings. The standard InChI is InChI=1S/C21H25ClN4O3/c1-24(2)14-16-13-21(20(28)29-16)6-10-25(11-7-21)19(27)17-12-15(4-5-18(17)22)26-9-3-8-23-26/h3-5,8-9,12,16H,6-7,10-11,13-14H2,1-2H3. The number of likely N-dealkylation sites (N-methyl/N-ethyl adjacent to an activating group) is 1. The predicted octanol–water partition coefficient (Wildman–Crippen LogP) is 2.63. The van der Waals surface area contributed by atoms with E-state index in [1.54, 1.807) is 27.9 Å². The average Bonchev–Trinajstić information content (AvgIpc) is 3.31. The number of amides is 1. The minimum absolute atomic E-state index is 0.0695. The molecular formula is C21H25ClN4O3. The molecule has 154 valence electrons. The first-order valence-electron chi connectivity index (χ1n) is 9.83. The van der Waals surface area contributed by atoms with Crippen LogP contribution in [0.5, 0.6) is 0 Å². The molecule has 7 nitrogen and oxygen atoms in total. The van der Waals surface area contributed by atoms with Crippen molar-refractivity contribution in [2.45, 2.75) is 25.4 Å². The van der Waals surface area contributed by atoms with Gasteiger partial charge in [-0.3, -0.25) is 9.59 Å². The van der Waals surface area contributed by atoms with Crippen molar-refractivity contribution in [2.24, 2.45) is 5.41 Å². The van der Waals surface area contributed by atoms with Gasteiger partial charge in [-0.15, -0.1) is 0 Å². The number of piperidine rings is 1. The molecule has 0 radical (unpaired) electrons. The summed E-state index contributed by atoms with van der Waals surface area (Å²) in [4.78, 5) is 29.5. The maximum absolute atomic E-state index is 13.1. The summed E-state index contributed by atoms with van der Waals surface area (Å²) in [6.07, 6.45) is 5.40. The third-order valence-corrected chi connectivity index (χ3v) is 6.18. The molecule has 1 atom stereocenters. The van der Waals surface area contributed by atoms with Crippen molar-refractivity contribution in [3.63, 3.8) is 0 Å². The second-order valence-corrected chi connectivity index (χ2v) is 8.59. The fourth-order valence-corrected chi connectivity index (χ4v) is 4.50. The minimum Gasteiger partial charge on any atom is -0.461 e. The van der Waals surface area contributed by atoms with Crippen LogP contribution < -0.4 is 0 Å². The summed E-state index contributed by atoms with van der Waals surface area (Å²) in [7, 11) is 3.95. The molecule has 29 heavy (non-hydrogen) atoms. The minimum atomic E-state index is -0.460. The van der Waals surface area contributed by atoms with E-state index in [0.717, 1.165) is 18.7 Å². The Hall–Kier alpha value is -2.38. The number of carbonyl (C=O) groups is 2. The topological polar surface area (TPSA) is 67.7 Å². The van der Waals surface area contributed by atoms with Crippen LogP contribution in [0, 0.1) is 5.41 Å². The van der Waals surface area contributed by atoms with Gasteiger partial charge in [0.1, 0.15) is 6.10 Å². The predicted molar refractivity (Wildman–Crippen MR) is 109 cm³/mol. The zero-order valence-electron chi connectivity index (χ0n) is 16.7. The summed E-state index contributed by atoms with van der Waals surface area (Å²) in [5.41, 5.74) is 0.773. The molecule has 2 aliphatic rings. The molecule has 8 heteroatoms. The summed E-state index contributed by atoms with van der Waals surface area (Å²) in [5, 5.41) is 4.62. The zero-order chi connectivity index (χ0) is 20.6. The van der Waals surface area contributed by atoms with E-state index in [-0.39, 0.29) is 18.0 Å².